The van der Waals surface area contributed by atoms with Crippen molar-refractivity contribution in [2.45, 2.75) is 52.0 Å². The number of rotatable bonds is 3. The lowest BCUT2D eigenvalue weighted by Gasteiger charge is -2.29. The van der Waals surface area contributed by atoms with Crippen molar-refractivity contribution < 1.29 is 4.79 Å². The van der Waals surface area contributed by atoms with E-state index in [1.165, 1.54) is 19.3 Å². The minimum absolute atomic E-state index is 0.0200. The van der Waals surface area contributed by atoms with Gasteiger partial charge in [-0.25, -0.2) is 0 Å². The number of carbonyl (C=O) groups excluding carboxylic acids is 1. The predicted molar refractivity (Wildman–Crippen MR) is 79.1 cm³/mol. The summed E-state index contributed by atoms with van der Waals surface area (Å²) in [6.07, 6.45) is 5.95. The zero-order chi connectivity index (χ0) is 13.8. The van der Waals surface area contributed by atoms with Gasteiger partial charge in [-0.2, -0.15) is 0 Å². The first kappa shape index (κ1) is 13.9. The predicted octanol–water partition coefficient (Wildman–Crippen LogP) is 3.28. The van der Waals surface area contributed by atoms with E-state index in [4.69, 9.17) is 5.73 Å². The van der Waals surface area contributed by atoms with Gasteiger partial charge in [0.2, 0.25) is 0 Å². The molecular formula is C16H24N2O. The van der Waals surface area contributed by atoms with E-state index >= 15 is 0 Å². The Morgan fingerprint density at radius 2 is 2.21 bits per heavy atom. The molecule has 1 saturated carbocycles. The lowest BCUT2D eigenvalue weighted by molar-refractivity contribution is 0.0918. The average Bonchev–Trinajstić information content (AvgIpc) is 2.42. The Morgan fingerprint density at radius 1 is 1.42 bits per heavy atom. The molecule has 0 aromatic heterocycles. The second kappa shape index (κ2) is 6.09. The van der Waals surface area contributed by atoms with Crippen LogP contribution in [0, 0.1) is 12.8 Å². The standard InChI is InChI=1S/C16H24N2O/c1-3-12-6-4-7-13(10-12)18-16(19)14-8-5-9-15(17)11(14)2/h5,8-9,12-13H,3-4,6-7,10,17H2,1-2H3,(H,18,19). The molecule has 0 bridgehead atoms. The molecule has 1 fully saturated rings. The molecule has 0 heterocycles. The first-order valence-electron chi connectivity index (χ1n) is 7.27. The van der Waals surface area contributed by atoms with Crippen LogP contribution in [0.5, 0.6) is 0 Å². The van der Waals surface area contributed by atoms with Crippen LogP contribution < -0.4 is 11.1 Å². The Balaban J connectivity index is 2.02. The summed E-state index contributed by atoms with van der Waals surface area (Å²) < 4.78 is 0. The first-order chi connectivity index (χ1) is 9.11. The molecule has 3 N–H and O–H groups in total. The molecule has 0 spiro atoms. The smallest absolute Gasteiger partial charge is 0.251 e. The number of nitrogens with one attached hydrogen (secondary N) is 1. The summed E-state index contributed by atoms with van der Waals surface area (Å²) >= 11 is 0. The van der Waals surface area contributed by atoms with Gasteiger partial charge < -0.3 is 11.1 Å². The van der Waals surface area contributed by atoms with Gasteiger partial charge in [0, 0.05) is 17.3 Å². The molecule has 104 valence electrons. The maximum atomic E-state index is 12.3. The topological polar surface area (TPSA) is 55.1 Å². The van der Waals surface area contributed by atoms with Crippen molar-refractivity contribution >= 4 is 11.6 Å². The summed E-state index contributed by atoms with van der Waals surface area (Å²) in [5.41, 5.74) is 8.12. The van der Waals surface area contributed by atoms with Crippen molar-refractivity contribution in [3.8, 4) is 0 Å². The van der Waals surface area contributed by atoms with E-state index in [1.54, 1.807) is 0 Å². The highest BCUT2D eigenvalue weighted by Crippen LogP contribution is 2.27. The van der Waals surface area contributed by atoms with E-state index in [2.05, 4.69) is 12.2 Å². The van der Waals surface area contributed by atoms with Gasteiger partial charge in [0.1, 0.15) is 0 Å². The zero-order valence-corrected chi connectivity index (χ0v) is 11.9. The maximum Gasteiger partial charge on any atom is 0.251 e. The maximum absolute atomic E-state index is 12.3. The molecule has 0 aliphatic heterocycles. The molecule has 1 amide bonds. The van der Waals surface area contributed by atoms with Crippen molar-refractivity contribution in [2.24, 2.45) is 5.92 Å². The fourth-order valence-corrected chi connectivity index (χ4v) is 2.96. The summed E-state index contributed by atoms with van der Waals surface area (Å²) in [6.45, 7) is 4.14. The Bertz CT molecular complexity index is 456. The molecule has 0 saturated heterocycles. The third-order valence-electron chi connectivity index (χ3n) is 4.32. The molecule has 2 rings (SSSR count). The quantitative estimate of drug-likeness (QED) is 0.819. The summed E-state index contributed by atoms with van der Waals surface area (Å²) in [5, 5.41) is 3.17. The largest absolute Gasteiger partial charge is 0.398 e. The fraction of sp³-hybridized carbons (Fsp3) is 0.562. The summed E-state index contributed by atoms with van der Waals surface area (Å²) in [7, 11) is 0. The minimum atomic E-state index is 0.0200. The number of nitrogens with two attached hydrogens (primary N) is 1. The fourth-order valence-electron chi connectivity index (χ4n) is 2.96. The lowest BCUT2D eigenvalue weighted by Crippen LogP contribution is -2.38. The second-order valence-electron chi connectivity index (χ2n) is 5.63. The monoisotopic (exact) mass is 260 g/mol. The zero-order valence-electron chi connectivity index (χ0n) is 11.9. The van der Waals surface area contributed by atoms with E-state index in [0.29, 0.717) is 17.3 Å². The number of anilines is 1. The molecular weight excluding hydrogens is 236 g/mol. The summed E-state index contributed by atoms with van der Waals surface area (Å²) in [6, 6.07) is 5.85. The van der Waals surface area contributed by atoms with Gasteiger partial charge in [-0.1, -0.05) is 32.3 Å². The van der Waals surface area contributed by atoms with Crippen LogP contribution in [-0.2, 0) is 0 Å². The number of nitrogen functional groups attached to an aromatic ring is 1. The van der Waals surface area contributed by atoms with Gasteiger partial charge in [-0.3, -0.25) is 4.79 Å². The van der Waals surface area contributed by atoms with Gasteiger partial charge in [0.15, 0.2) is 0 Å². The normalized spacial score (nSPS) is 23.1. The van der Waals surface area contributed by atoms with Gasteiger partial charge in [-0.05, 0) is 43.4 Å². The van der Waals surface area contributed by atoms with Crippen LogP contribution in [0.25, 0.3) is 0 Å². The number of carbonyl (C=O) groups is 1. The van der Waals surface area contributed by atoms with E-state index in [1.807, 2.05) is 25.1 Å². The van der Waals surface area contributed by atoms with Crippen LogP contribution >= 0.6 is 0 Å². The molecule has 1 aliphatic rings. The molecule has 19 heavy (non-hydrogen) atoms. The highest BCUT2D eigenvalue weighted by Gasteiger charge is 2.23. The SMILES string of the molecule is CCC1CCCC(NC(=O)c2cccc(N)c2C)C1. The van der Waals surface area contributed by atoms with Gasteiger partial charge in [0.25, 0.3) is 5.91 Å². The van der Waals surface area contributed by atoms with E-state index in [9.17, 15) is 4.79 Å². The molecule has 3 heteroatoms. The number of hydrogen-bond donors (Lipinski definition) is 2. The molecule has 2 atom stereocenters. The third-order valence-corrected chi connectivity index (χ3v) is 4.32. The molecule has 1 aliphatic carbocycles. The Morgan fingerprint density at radius 3 is 2.95 bits per heavy atom. The van der Waals surface area contributed by atoms with E-state index in [0.717, 1.165) is 24.3 Å². The van der Waals surface area contributed by atoms with Crippen LogP contribution in [0.3, 0.4) is 0 Å². The molecule has 3 nitrogen and oxygen atoms in total. The van der Waals surface area contributed by atoms with Crippen LogP contribution in [0.2, 0.25) is 0 Å². The van der Waals surface area contributed by atoms with Crippen molar-refractivity contribution in [1.82, 2.24) is 5.32 Å². The van der Waals surface area contributed by atoms with Crippen LogP contribution in [0.1, 0.15) is 54.9 Å². The van der Waals surface area contributed by atoms with Crippen molar-refractivity contribution in [1.29, 1.82) is 0 Å². The van der Waals surface area contributed by atoms with Crippen molar-refractivity contribution in [2.75, 3.05) is 5.73 Å². The second-order valence-corrected chi connectivity index (χ2v) is 5.63. The Labute approximate surface area is 115 Å². The van der Waals surface area contributed by atoms with Crippen LogP contribution in [0.4, 0.5) is 5.69 Å². The summed E-state index contributed by atoms with van der Waals surface area (Å²) in [5.74, 6) is 0.785. The third kappa shape index (κ3) is 3.28. The van der Waals surface area contributed by atoms with Crippen LogP contribution in [0.15, 0.2) is 18.2 Å². The molecule has 2 unspecified atom stereocenters. The first-order valence-corrected chi connectivity index (χ1v) is 7.27. The molecule has 1 aromatic carbocycles. The van der Waals surface area contributed by atoms with Crippen LogP contribution in [-0.4, -0.2) is 11.9 Å². The lowest BCUT2D eigenvalue weighted by atomic mass is 9.84. The molecule has 1 aromatic rings. The summed E-state index contributed by atoms with van der Waals surface area (Å²) in [4.78, 5) is 12.3. The van der Waals surface area contributed by atoms with Crippen molar-refractivity contribution in [3.05, 3.63) is 29.3 Å². The number of benzene rings is 1. The highest BCUT2D eigenvalue weighted by molar-refractivity contribution is 5.97. The Kier molecular flexibility index (Phi) is 4.46. The van der Waals surface area contributed by atoms with Crippen molar-refractivity contribution in [3.63, 3.8) is 0 Å². The highest BCUT2D eigenvalue weighted by atomic mass is 16.1. The molecule has 0 radical (unpaired) electrons. The minimum Gasteiger partial charge on any atom is -0.398 e. The number of amides is 1. The van der Waals surface area contributed by atoms with Gasteiger partial charge in [0.05, 0.1) is 0 Å². The van der Waals surface area contributed by atoms with E-state index < -0.39 is 0 Å². The van der Waals surface area contributed by atoms with Gasteiger partial charge in [-0.15, -0.1) is 0 Å². The van der Waals surface area contributed by atoms with Gasteiger partial charge >= 0.3 is 0 Å². The average molecular weight is 260 g/mol. The van der Waals surface area contributed by atoms with E-state index in [-0.39, 0.29) is 5.91 Å². The Hall–Kier alpha value is -1.51. The number of hydrogen-bond acceptors (Lipinski definition) is 2.